The van der Waals surface area contributed by atoms with Gasteiger partial charge in [-0.2, -0.15) is 0 Å². The van der Waals surface area contributed by atoms with Gasteiger partial charge in [0.05, 0.1) is 5.71 Å². The van der Waals surface area contributed by atoms with Gasteiger partial charge >= 0.3 is 0 Å². The molecule has 0 heterocycles. The molecule has 0 amide bonds. The van der Waals surface area contributed by atoms with Crippen molar-refractivity contribution < 1.29 is 5.21 Å². The third-order valence-corrected chi connectivity index (χ3v) is 4.48. The lowest BCUT2D eigenvalue weighted by Crippen LogP contribution is -2.15. The molecule has 1 aromatic rings. The predicted octanol–water partition coefficient (Wildman–Crippen LogP) is 4.96. The summed E-state index contributed by atoms with van der Waals surface area (Å²) in [5, 5.41) is 12.4. The molecule has 19 heavy (non-hydrogen) atoms. The van der Waals surface area contributed by atoms with Gasteiger partial charge in [0.25, 0.3) is 0 Å². The van der Waals surface area contributed by atoms with Crippen LogP contribution in [0.2, 0.25) is 0 Å². The molecule has 0 atom stereocenters. The Labute approximate surface area is 116 Å². The van der Waals surface area contributed by atoms with E-state index in [9.17, 15) is 0 Å². The van der Waals surface area contributed by atoms with Crippen LogP contribution in [0, 0.1) is 5.92 Å². The van der Waals surface area contributed by atoms with Crippen molar-refractivity contribution in [1.29, 1.82) is 0 Å². The monoisotopic (exact) mass is 259 g/mol. The molecule has 1 aliphatic rings. The second-order valence-electron chi connectivity index (χ2n) is 5.78. The highest BCUT2D eigenvalue weighted by Gasteiger charge is 2.23. The van der Waals surface area contributed by atoms with Crippen LogP contribution in [0.3, 0.4) is 0 Å². The molecule has 0 bridgehead atoms. The lowest BCUT2D eigenvalue weighted by Gasteiger charge is -2.29. The number of benzene rings is 1. The molecule has 2 heteroatoms. The quantitative estimate of drug-likeness (QED) is 0.462. The Morgan fingerprint density at radius 2 is 1.89 bits per heavy atom. The molecule has 0 aromatic heterocycles. The van der Waals surface area contributed by atoms with Gasteiger partial charge in [0.15, 0.2) is 0 Å². The minimum atomic E-state index is 0.640. The first-order valence-electron chi connectivity index (χ1n) is 7.54. The summed E-state index contributed by atoms with van der Waals surface area (Å²) in [5.41, 5.74) is 3.21. The normalized spacial score (nSPS) is 24.4. The fourth-order valence-electron chi connectivity index (χ4n) is 3.41. The van der Waals surface area contributed by atoms with Crippen LogP contribution in [0.25, 0.3) is 0 Å². The molecule has 2 nitrogen and oxygen atoms in total. The van der Waals surface area contributed by atoms with Gasteiger partial charge in [-0.25, -0.2) is 0 Å². The summed E-state index contributed by atoms with van der Waals surface area (Å²) in [4.78, 5) is 0. The zero-order valence-corrected chi connectivity index (χ0v) is 12.1. The van der Waals surface area contributed by atoms with E-state index < -0.39 is 0 Å². The van der Waals surface area contributed by atoms with Crippen LogP contribution >= 0.6 is 0 Å². The molecule has 2 rings (SSSR count). The minimum Gasteiger partial charge on any atom is -0.411 e. The Morgan fingerprint density at radius 1 is 1.21 bits per heavy atom. The van der Waals surface area contributed by atoms with E-state index >= 15 is 0 Å². The van der Waals surface area contributed by atoms with Gasteiger partial charge in [0.1, 0.15) is 0 Å². The Kier molecular flexibility index (Phi) is 5.00. The Hall–Kier alpha value is -1.31. The SMILES string of the molecule is CCCC1CCC(c2ccccc2/C(C)=N/O)CC1. The third kappa shape index (κ3) is 3.37. The zero-order chi connectivity index (χ0) is 13.7. The summed E-state index contributed by atoms with van der Waals surface area (Å²) in [5.74, 6) is 1.57. The molecular formula is C17H25NO. The van der Waals surface area contributed by atoms with Crippen LogP contribution in [0.5, 0.6) is 0 Å². The molecule has 0 unspecified atom stereocenters. The first-order chi connectivity index (χ1) is 9.26. The first-order valence-corrected chi connectivity index (χ1v) is 7.54. The molecule has 0 saturated heterocycles. The van der Waals surface area contributed by atoms with Gasteiger partial charge in [-0.1, -0.05) is 49.2 Å². The van der Waals surface area contributed by atoms with E-state index in [2.05, 4.69) is 30.3 Å². The topological polar surface area (TPSA) is 32.6 Å². The van der Waals surface area contributed by atoms with Crippen LogP contribution in [0.4, 0.5) is 0 Å². The van der Waals surface area contributed by atoms with E-state index in [-0.39, 0.29) is 0 Å². The minimum absolute atomic E-state index is 0.640. The highest BCUT2D eigenvalue weighted by molar-refractivity contribution is 5.99. The highest BCUT2D eigenvalue weighted by atomic mass is 16.4. The Balaban J connectivity index is 2.11. The maximum atomic E-state index is 9.01. The van der Waals surface area contributed by atoms with E-state index in [1.54, 1.807) is 0 Å². The van der Waals surface area contributed by atoms with E-state index in [1.807, 2.05) is 13.0 Å². The van der Waals surface area contributed by atoms with Crippen LogP contribution < -0.4 is 0 Å². The summed E-state index contributed by atoms with van der Waals surface area (Å²) in [6, 6.07) is 8.40. The van der Waals surface area contributed by atoms with E-state index in [0.717, 1.165) is 17.2 Å². The van der Waals surface area contributed by atoms with Crippen LogP contribution in [-0.4, -0.2) is 10.9 Å². The van der Waals surface area contributed by atoms with Gasteiger partial charge in [-0.05, 0) is 50.0 Å². The molecular weight excluding hydrogens is 234 g/mol. The third-order valence-electron chi connectivity index (χ3n) is 4.48. The smallest absolute Gasteiger partial charge is 0.0839 e. The Morgan fingerprint density at radius 3 is 2.53 bits per heavy atom. The average Bonchev–Trinajstić information content (AvgIpc) is 2.47. The lowest BCUT2D eigenvalue weighted by atomic mass is 9.76. The predicted molar refractivity (Wildman–Crippen MR) is 80.0 cm³/mol. The number of rotatable bonds is 4. The molecule has 1 aliphatic carbocycles. The van der Waals surface area contributed by atoms with Crippen molar-refractivity contribution in [3.8, 4) is 0 Å². The first kappa shape index (κ1) is 14.1. The van der Waals surface area contributed by atoms with Crippen molar-refractivity contribution >= 4 is 5.71 Å². The van der Waals surface area contributed by atoms with Crippen molar-refractivity contribution in [3.05, 3.63) is 35.4 Å². The Bertz CT molecular complexity index is 431. The molecule has 0 spiro atoms. The summed E-state index contributed by atoms with van der Waals surface area (Å²) in [6.07, 6.45) is 7.94. The van der Waals surface area contributed by atoms with Crippen LogP contribution in [0.15, 0.2) is 29.4 Å². The second kappa shape index (κ2) is 6.74. The average molecular weight is 259 g/mol. The van der Waals surface area contributed by atoms with Gasteiger partial charge in [0, 0.05) is 5.56 Å². The number of hydrogen-bond donors (Lipinski definition) is 1. The van der Waals surface area contributed by atoms with Crippen molar-refractivity contribution in [2.45, 2.75) is 58.3 Å². The van der Waals surface area contributed by atoms with Crippen LogP contribution in [-0.2, 0) is 0 Å². The molecule has 104 valence electrons. The zero-order valence-electron chi connectivity index (χ0n) is 12.1. The second-order valence-corrected chi connectivity index (χ2v) is 5.78. The molecule has 1 fully saturated rings. The molecule has 1 aromatic carbocycles. The van der Waals surface area contributed by atoms with Crippen molar-refractivity contribution in [1.82, 2.24) is 0 Å². The number of oxime groups is 1. The summed E-state index contributed by atoms with van der Waals surface area (Å²) in [7, 11) is 0. The van der Waals surface area contributed by atoms with Gasteiger partial charge < -0.3 is 5.21 Å². The van der Waals surface area contributed by atoms with E-state index in [1.165, 1.54) is 44.1 Å². The van der Waals surface area contributed by atoms with Crippen molar-refractivity contribution in [2.75, 3.05) is 0 Å². The standard InChI is InChI=1S/C17H25NO/c1-3-6-14-9-11-15(12-10-14)17-8-5-4-7-16(17)13(2)18-19/h4-5,7-8,14-15,19H,3,6,9-12H2,1-2H3/b18-13+. The van der Waals surface area contributed by atoms with E-state index in [0.29, 0.717) is 5.92 Å². The molecule has 1 N–H and O–H groups in total. The molecule has 0 aliphatic heterocycles. The number of hydrogen-bond acceptors (Lipinski definition) is 2. The highest BCUT2D eigenvalue weighted by Crippen LogP contribution is 2.38. The summed E-state index contributed by atoms with van der Waals surface area (Å²) >= 11 is 0. The summed E-state index contributed by atoms with van der Waals surface area (Å²) in [6.45, 7) is 4.16. The summed E-state index contributed by atoms with van der Waals surface area (Å²) < 4.78 is 0. The number of nitrogens with zero attached hydrogens (tertiary/aromatic N) is 1. The van der Waals surface area contributed by atoms with Gasteiger partial charge in [-0.3, -0.25) is 0 Å². The largest absolute Gasteiger partial charge is 0.411 e. The van der Waals surface area contributed by atoms with Crippen LogP contribution in [0.1, 0.15) is 69.4 Å². The maximum Gasteiger partial charge on any atom is 0.0839 e. The fourth-order valence-corrected chi connectivity index (χ4v) is 3.41. The van der Waals surface area contributed by atoms with Gasteiger partial charge in [0.2, 0.25) is 0 Å². The maximum absolute atomic E-state index is 9.01. The lowest BCUT2D eigenvalue weighted by molar-refractivity contribution is 0.307. The fraction of sp³-hybridized carbons (Fsp3) is 0.588. The van der Waals surface area contributed by atoms with Crippen molar-refractivity contribution in [3.63, 3.8) is 0 Å². The van der Waals surface area contributed by atoms with Gasteiger partial charge in [-0.15, -0.1) is 0 Å². The van der Waals surface area contributed by atoms with E-state index in [4.69, 9.17) is 5.21 Å². The molecule has 0 radical (unpaired) electrons. The molecule has 1 saturated carbocycles. The van der Waals surface area contributed by atoms with Crippen molar-refractivity contribution in [2.24, 2.45) is 11.1 Å².